The maximum Gasteiger partial charge on any atom is 0.235 e. The van der Waals surface area contributed by atoms with Crippen LogP contribution in [0.2, 0.25) is 0 Å². The molecule has 1 fully saturated rings. The second-order valence-electron chi connectivity index (χ2n) is 7.12. The highest BCUT2D eigenvalue weighted by atomic mass is 32.1. The summed E-state index contributed by atoms with van der Waals surface area (Å²) in [5.74, 6) is 0.606. The largest absolute Gasteiger partial charge is 0.492 e. The van der Waals surface area contributed by atoms with Crippen LogP contribution in [0, 0.1) is 5.82 Å². The number of piperazine rings is 1. The average molecular weight is 392 g/mol. The predicted molar refractivity (Wildman–Crippen MR) is 102 cm³/mol. The van der Waals surface area contributed by atoms with Crippen molar-refractivity contribution in [3.05, 3.63) is 46.3 Å². The van der Waals surface area contributed by atoms with Gasteiger partial charge in [-0.2, -0.15) is 4.52 Å². The summed E-state index contributed by atoms with van der Waals surface area (Å²) in [4.78, 5) is 8.95. The number of halogens is 1. The number of thiazole rings is 1. The number of hydrogen-bond donors (Lipinski definition) is 3. The second kappa shape index (κ2) is 7.53. The van der Waals surface area contributed by atoms with Gasteiger partial charge in [0.15, 0.2) is 11.9 Å². The van der Waals surface area contributed by atoms with Crippen molar-refractivity contribution >= 4 is 16.3 Å². The van der Waals surface area contributed by atoms with Crippen molar-refractivity contribution in [3.63, 3.8) is 0 Å². The minimum Gasteiger partial charge on any atom is -0.492 e. The second-order valence-corrected chi connectivity index (χ2v) is 8.12. The maximum atomic E-state index is 14.0. The molecule has 27 heavy (non-hydrogen) atoms. The summed E-state index contributed by atoms with van der Waals surface area (Å²) < 4.78 is 15.5. The number of rotatable bonds is 5. The number of quaternary nitrogens is 2. The monoisotopic (exact) mass is 391 g/mol. The summed E-state index contributed by atoms with van der Waals surface area (Å²) in [6.07, 6.45) is 0.726. The average Bonchev–Trinajstić information content (AvgIpc) is 3.22. The molecule has 3 aromatic rings. The Morgan fingerprint density at radius 1 is 1.26 bits per heavy atom. The number of fused-ring (bicyclic) bond motifs is 1. The number of aryl methyl sites for hydroxylation is 1. The van der Waals surface area contributed by atoms with Crippen molar-refractivity contribution in [2.45, 2.75) is 26.3 Å². The van der Waals surface area contributed by atoms with Gasteiger partial charge in [-0.1, -0.05) is 30.4 Å². The fourth-order valence-corrected chi connectivity index (χ4v) is 5.11. The molecule has 0 spiro atoms. The summed E-state index contributed by atoms with van der Waals surface area (Å²) in [6.45, 7) is 9.46. The maximum absolute atomic E-state index is 14.0. The minimum absolute atomic E-state index is 0.113. The van der Waals surface area contributed by atoms with Crippen LogP contribution in [-0.4, -0.2) is 52.4 Å². The van der Waals surface area contributed by atoms with Gasteiger partial charge < -0.3 is 14.9 Å². The zero-order chi connectivity index (χ0) is 19.0. The lowest BCUT2D eigenvalue weighted by atomic mass is 10.0. The lowest BCUT2D eigenvalue weighted by molar-refractivity contribution is -1.02. The van der Waals surface area contributed by atoms with E-state index in [1.807, 2.05) is 13.0 Å². The molecule has 0 unspecified atom stereocenters. The van der Waals surface area contributed by atoms with Gasteiger partial charge in [0.25, 0.3) is 0 Å². The topological polar surface area (TPSA) is 59.3 Å². The first-order chi connectivity index (χ1) is 13.1. The lowest BCUT2D eigenvalue weighted by Crippen LogP contribution is -3.28. The molecule has 1 atom stereocenters. The molecule has 0 radical (unpaired) electrons. The van der Waals surface area contributed by atoms with Crippen molar-refractivity contribution in [3.8, 4) is 5.88 Å². The molecule has 0 saturated carbocycles. The number of likely N-dealkylation sites (N-methyl/N-ethyl adjacent to an activating group) is 1. The van der Waals surface area contributed by atoms with Gasteiger partial charge in [0.2, 0.25) is 10.8 Å². The molecule has 1 aromatic carbocycles. The van der Waals surface area contributed by atoms with E-state index in [-0.39, 0.29) is 17.7 Å². The van der Waals surface area contributed by atoms with Crippen LogP contribution in [0.25, 0.3) is 4.96 Å². The van der Waals surface area contributed by atoms with Crippen LogP contribution >= 0.6 is 11.3 Å². The first-order valence-corrected chi connectivity index (χ1v) is 10.4. The minimum atomic E-state index is -0.248. The smallest absolute Gasteiger partial charge is 0.235 e. The quantitative estimate of drug-likeness (QED) is 0.578. The summed E-state index contributed by atoms with van der Waals surface area (Å²) in [7, 11) is 0. The highest BCUT2D eigenvalue weighted by molar-refractivity contribution is 7.17. The van der Waals surface area contributed by atoms with E-state index in [9.17, 15) is 9.50 Å². The summed E-state index contributed by atoms with van der Waals surface area (Å²) in [5, 5.41) is 15.3. The Morgan fingerprint density at radius 2 is 2.04 bits per heavy atom. The number of aromatic nitrogens is 3. The lowest BCUT2D eigenvalue weighted by Gasteiger charge is -2.34. The van der Waals surface area contributed by atoms with Gasteiger partial charge in [0, 0.05) is 12.0 Å². The van der Waals surface area contributed by atoms with Gasteiger partial charge in [-0.3, -0.25) is 0 Å². The fourth-order valence-electron chi connectivity index (χ4n) is 3.95. The molecular formula is C19H26FN5OS+2. The summed E-state index contributed by atoms with van der Waals surface area (Å²) >= 11 is 1.46. The fraction of sp³-hybridized carbons (Fsp3) is 0.474. The Balaban J connectivity index is 1.76. The van der Waals surface area contributed by atoms with Crippen LogP contribution in [0.3, 0.4) is 0 Å². The molecule has 0 aliphatic carbocycles. The van der Waals surface area contributed by atoms with Crippen molar-refractivity contribution in [2.75, 3.05) is 32.7 Å². The third-order valence-corrected chi connectivity index (χ3v) is 6.60. The summed E-state index contributed by atoms with van der Waals surface area (Å²) in [6, 6.07) is 6.63. The van der Waals surface area contributed by atoms with Crippen molar-refractivity contribution < 1.29 is 19.3 Å². The number of nitrogens with one attached hydrogen (secondary N) is 2. The van der Waals surface area contributed by atoms with Gasteiger partial charge in [-0.15, -0.1) is 5.10 Å². The Labute approximate surface area is 161 Å². The SMILES string of the molecule is CCc1nc2sc([C@H](c3cccc(F)c3)[NH+]3CC[NH+](CC)CC3)c(O)n2n1. The van der Waals surface area contributed by atoms with Crippen LogP contribution in [0.4, 0.5) is 4.39 Å². The van der Waals surface area contributed by atoms with E-state index in [1.54, 1.807) is 17.0 Å². The third kappa shape index (κ3) is 3.44. The van der Waals surface area contributed by atoms with E-state index < -0.39 is 0 Å². The molecule has 0 amide bonds. The first-order valence-electron chi connectivity index (χ1n) is 9.61. The van der Waals surface area contributed by atoms with E-state index in [1.165, 1.54) is 26.8 Å². The van der Waals surface area contributed by atoms with E-state index in [0.717, 1.165) is 55.4 Å². The molecule has 0 bridgehead atoms. The molecular weight excluding hydrogens is 365 g/mol. The van der Waals surface area contributed by atoms with Crippen molar-refractivity contribution in [1.29, 1.82) is 0 Å². The van der Waals surface area contributed by atoms with Crippen LogP contribution < -0.4 is 9.80 Å². The Morgan fingerprint density at radius 3 is 2.67 bits per heavy atom. The number of nitrogens with zero attached hydrogens (tertiary/aromatic N) is 3. The zero-order valence-corrected chi connectivity index (χ0v) is 16.5. The van der Waals surface area contributed by atoms with Gasteiger partial charge in [0.1, 0.15) is 36.9 Å². The zero-order valence-electron chi connectivity index (χ0n) is 15.7. The van der Waals surface area contributed by atoms with Gasteiger partial charge >= 0.3 is 0 Å². The molecule has 8 heteroatoms. The molecule has 3 heterocycles. The van der Waals surface area contributed by atoms with Crippen LogP contribution in [0.15, 0.2) is 24.3 Å². The number of hydrogen-bond acceptors (Lipinski definition) is 4. The van der Waals surface area contributed by atoms with E-state index >= 15 is 0 Å². The van der Waals surface area contributed by atoms with E-state index in [4.69, 9.17) is 0 Å². The molecule has 144 valence electrons. The molecule has 6 nitrogen and oxygen atoms in total. The Bertz CT molecular complexity index is 931. The third-order valence-electron chi connectivity index (χ3n) is 5.51. The van der Waals surface area contributed by atoms with E-state index in [2.05, 4.69) is 17.0 Å². The standard InChI is InChI=1S/C19H24FN5OS/c1-3-15-21-19-25(22-15)18(26)17(27-19)16(13-6-5-7-14(20)12-13)24-10-8-23(4-2)9-11-24/h5-7,12,16,26H,3-4,8-11H2,1-2H3/p+2/t16-/m0/s1. The molecule has 1 saturated heterocycles. The van der Waals surface area contributed by atoms with Gasteiger partial charge in [-0.05, 0) is 19.1 Å². The first kappa shape index (κ1) is 18.3. The normalized spacial score (nSPS) is 21.6. The van der Waals surface area contributed by atoms with Crippen LogP contribution in [0.1, 0.15) is 36.2 Å². The Hall–Kier alpha value is -2.03. The van der Waals surface area contributed by atoms with Crippen LogP contribution in [0.5, 0.6) is 5.88 Å². The highest BCUT2D eigenvalue weighted by Gasteiger charge is 2.36. The molecule has 4 rings (SSSR count). The van der Waals surface area contributed by atoms with Crippen LogP contribution in [-0.2, 0) is 6.42 Å². The highest BCUT2D eigenvalue weighted by Crippen LogP contribution is 2.35. The number of benzene rings is 1. The molecule has 3 N–H and O–H groups in total. The van der Waals surface area contributed by atoms with Gasteiger partial charge in [0.05, 0.1) is 6.54 Å². The van der Waals surface area contributed by atoms with Gasteiger partial charge in [-0.25, -0.2) is 9.37 Å². The molecule has 1 aliphatic heterocycles. The predicted octanol–water partition coefficient (Wildman–Crippen LogP) is 0.0906. The molecule has 2 aromatic heterocycles. The number of aromatic hydroxyl groups is 1. The Kier molecular flexibility index (Phi) is 5.12. The van der Waals surface area contributed by atoms with Crippen molar-refractivity contribution in [1.82, 2.24) is 14.6 Å². The summed E-state index contributed by atoms with van der Waals surface area (Å²) in [5.41, 5.74) is 0.889. The van der Waals surface area contributed by atoms with E-state index in [0.29, 0.717) is 4.96 Å². The van der Waals surface area contributed by atoms with Crippen molar-refractivity contribution in [2.24, 2.45) is 0 Å². The molecule has 1 aliphatic rings.